The van der Waals surface area contributed by atoms with Crippen LogP contribution in [0.5, 0.6) is 0 Å². The molecule has 2 nitrogen and oxygen atoms in total. The monoisotopic (exact) mass is 216 g/mol. The van der Waals surface area contributed by atoms with E-state index in [4.69, 9.17) is 0 Å². The van der Waals surface area contributed by atoms with Gasteiger partial charge in [-0.25, -0.2) is 4.31 Å². The van der Waals surface area contributed by atoms with Crippen LogP contribution >= 0.6 is 34.3 Å². The lowest BCUT2D eigenvalue weighted by Crippen LogP contribution is -2.13. The Kier molecular flexibility index (Phi) is 6.08. The van der Waals surface area contributed by atoms with E-state index in [9.17, 15) is 0 Å². The molecule has 0 aromatic heterocycles. The Balaban J connectivity index is 3.90. The van der Waals surface area contributed by atoms with Crippen LogP contribution in [0.25, 0.3) is 0 Å². The third kappa shape index (κ3) is 5.25. The zero-order valence-corrected chi connectivity index (χ0v) is 10.8. The standard InChI is InChI=1S/C6H20N2S3/c1-7(2)9-8(10(3)4)11(5)6/h10-11H,1-6H3. The molecular formula is C6H20N2S3. The fourth-order valence-electron chi connectivity index (χ4n) is 0.650. The lowest BCUT2D eigenvalue weighted by Gasteiger charge is -2.34. The van der Waals surface area contributed by atoms with Gasteiger partial charge in [-0.15, -0.1) is 0 Å². The highest BCUT2D eigenvalue weighted by Crippen LogP contribution is 2.43. The molecule has 0 radical (unpaired) electrons. The highest BCUT2D eigenvalue weighted by molar-refractivity contribution is 8.36. The van der Waals surface area contributed by atoms with Gasteiger partial charge >= 0.3 is 0 Å². The van der Waals surface area contributed by atoms with Crippen LogP contribution in [0, 0.1) is 0 Å². The van der Waals surface area contributed by atoms with Gasteiger partial charge in [-0.3, -0.25) is 0 Å². The van der Waals surface area contributed by atoms with Crippen LogP contribution in [0.15, 0.2) is 0 Å². The summed E-state index contributed by atoms with van der Waals surface area (Å²) in [5.74, 6) is 0. The molecule has 0 aromatic carbocycles. The molecule has 0 aromatic rings. The maximum absolute atomic E-state index is 2.50. The van der Waals surface area contributed by atoms with Gasteiger partial charge in [0.2, 0.25) is 0 Å². The molecule has 0 saturated carbocycles. The lowest BCUT2D eigenvalue weighted by molar-refractivity contribution is 0.693. The van der Waals surface area contributed by atoms with E-state index in [0.717, 1.165) is 0 Å². The quantitative estimate of drug-likeness (QED) is 0.547. The van der Waals surface area contributed by atoms with E-state index in [1.165, 1.54) is 0 Å². The van der Waals surface area contributed by atoms with Crippen molar-refractivity contribution in [1.29, 1.82) is 0 Å². The number of nitrogens with zero attached hydrogens (tertiary/aromatic N) is 2. The van der Waals surface area contributed by atoms with Crippen molar-refractivity contribution in [2.24, 2.45) is 0 Å². The van der Waals surface area contributed by atoms with Gasteiger partial charge in [0.05, 0.1) is 0 Å². The molecule has 0 atom stereocenters. The van der Waals surface area contributed by atoms with Crippen molar-refractivity contribution in [3.8, 4) is 0 Å². The Morgan fingerprint density at radius 2 is 1.27 bits per heavy atom. The molecule has 72 valence electrons. The van der Waals surface area contributed by atoms with E-state index >= 15 is 0 Å². The molecule has 0 amide bonds. The largest absolute Gasteiger partial charge is 0.242 e. The number of hydrogen-bond donors (Lipinski definition) is 2. The van der Waals surface area contributed by atoms with Crippen LogP contribution in [-0.4, -0.2) is 46.5 Å². The third-order valence-electron chi connectivity index (χ3n) is 0.921. The maximum Gasteiger partial charge on any atom is 0.0273 e. The molecular weight excluding hydrogens is 196 g/mol. The van der Waals surface area contributed by atoms with Gasteiger partial charge in [-0.2, -0.15) is 25.3 Å². The molecule has 11 heavy (non-hydrogen) atoms. The van der Waals surface area contributed by atoms with Gasteiger partial charge in [-0.05, 0) is 39.1 Å². The Morgan fingerprint density at radius 1 is 0.909 bits per heavy atom. The SMILES string of the molecule is CN(C)SN([SH](C)C)[SH](C)C. The minimum atomic E-state index is 0.0476. The number of thiol groups is 2. The van der Waals surface area contributed by atoms with Crippen LogP contribution in [0.4, 0.5) is 0 Å². The van der Waals surface area contributed by atoms with E-state index < -0.39 is 0 Å². The predicted octanol–water partition coefficient (Wildman–Crippen LogP) is 1.76. The van der Waals surface area contributed by atoms with Crippen molar-refractivity contribution in [2.45, 2.75) is 0 Å². The summed E-state index contributed by atoms with van der Waals surface area (Å²) in [4.78, 5) is 0. The van der Waals surface area contributed by atoms with Crippen molar-refractivity contribution in [2.75, 3.05) is 39.1 Å². The van der Waals surface area contributed by atoms with Crippen LogP contribution in [0.2, 0.25) is 0 Å². The smallest absolute Gasteiger partial charge is 0.0273 e. The van der Waals surface area contributed by atoms with E-state index in [1.807, 2.05) is 12.1 Å². The van der Waals surface area contributed by atoms with Gasteiger partial charge in [-0.1, -0.05) is 0 Å². The Hall–Kier alpha value is 0.970. The summed E-state index contributed by atoms with van der Waals surface area (Å²) in [5, 5.41) is 0. The van der Waals surface area contributed by atoms with E-state index in [2.05, 4.69) is 46.5 Å². The Morgan fingerprint density at radius 3 is 1.36 bits per heavy atom. The summed E-state index contributed by atoms with van der Waals surface area (Å²) < 4.78 is 4.66. The van der Waals surface area contributed by atoms with E-state index in [0.29, 0.717) is 0 Å². The molecule has 5 heteroatoms. The Labute approximate surface area is 80.9 Å². The van der Waals surface area contributed by atoms with Crippen molar-refractivity contribution in [3.63, 3.8) is 0 Å². The molecule has 0 aliphatic heterocycles. The molecule has 0 aliphatic carbocycles. The fraction of sp³-hybridized carbons (Fsp3) is 1.00. The highest BCUT2D eigenvalue weighted by Gasteiger charge is 2.10. The summed E-state index contributed by atoms with van der Waals surface area (Å²) in [7, 11) is 4.19. The van der Waals surface area contributed by atoms with Crippen molar-refractivity contribution in [1.82, 2.24) is 7.42 Å². The maximum atomic E-state index is 2.50. The van der Waals surface area contributed by atoms with Crippen molar-refractivity contribution in [3.05, 3.63) is 0 Å². The van der Waals surface area contributed by atoms with Gasteiger partial charge in [0, 0.05) is 12.1 Å². The van der Waals surface area contributed by atoms with Gasteiger partial charge in [0.25, 0.3) is 0 Å². The topological polar surface area (TPSA) is 6.48 Å². The highest BCUT2D eigenvalue weighted by atomic mass is 32.3. The minimum Gasteiger partial charge on any atom is -0.242 e. The second kappa shape index (κ2) is 5.59. The van der Waals surface area contributed by atoms with E-state index in [1.54, 1.807) is 0 Å². The zero-order valence-electron chi connectivity index (χ0n) is 8.20. The molecule has 0 fully saturated rings. The summed E-state index contributed by atoms with van der Waals surface area (Å²) in [6.07, 6.45) is 9.20. The van der Waals surface area contributed by atoms with Crippen LogP contribution in [0.1, 0.15) is 0 Å². The number of rotatable bonds is 4. The first-order chi connectivity index (χ1) is 4.95. The van der Waals surface area contributed by atoms with Crippen LogP contribution < -0.4 is 0 Å². The molecule has 0 N–H and O–H groups in total. The Bertz CT molecular complexity index is 98.0. The first kappa shape index (κ1) is 12.0. The first-order valence-corrected chi connectivity index (χ1v) is 8.56. The average Bonchev–Trinajstić information content (AvgIpc) is 1.81. The second-order valence-electron chi connectivity index (χ2n) is 2.84. The molecule has 0 bridgehead atoms. The molecule has 0 saturated heterocycles. The predicted molar refractivity (Wildman–Crippen MR) is 64.8 cm³/mol. The fourth-order valence-corrected chi connectivity index (χ4v) is 5.85. The van der Waals surface area contributed by atoms with Crippen LogP contribution in [0.3, 0.4) is 0 Å². The molecule has 0 unspecified atom stereocenters. The van der Waals surface area contributed by atoms with Crippen molar-refractivity contribution >= 4 is 34.3 Å². The summed E-state index contributed by atoms with van der Waals surface area (Å²) in [5.41, 5.74) is 0. The van der Waals surface area contributed by atoms with Crippen LogP contribution in [-0.2, 0) is 0 Å². The zero-order chi connectivity index (χ0) is 9.02. The first-order valence-electron chi connectivity index (χ1n) is 3.45. The molecule has 0 spiro atoms. The number of hydrogen-bond acceptors (Lipinski definition) is 3. The minimum absolute atomic E-state index is 0.0476. The lowest BCUT2D eigenvalue weighted by atomic mass is 11.3. The summed E-state index contributed by atoms with van der Waals surface area (Å²) in [6.45, 7) is 0. The van der Waals surface area contributed by atoms with Crippen molar-refractivity contribution < 1.29 is 0 Å². The summed E-state index contributed by atoms with van der Waals surface area (Å²) >= 11 is 1.94. The molecule has 0 rings (SSSR count). The van der Waals surface area contributed by atoms with Gasteiger partial charge in [0.1, 0.15) is 0 Å². The van der Waals surface area contributed by atoms with E-state index in [-0.39, 0.29) is 22.2 Å². The van der Waals surface area contributed by atoms with Gasteiger partial charge < -0.3 is 0 Å². The molecule has 0 aliphatic rings. The van der Waals surface area contributed by atoms with Gasteiger partial charge in [0.15, 0.2) is 0 Å². The normalized spacial score (nSPS) is 14.2. The third-order valence-corrected chi connectivity index (χ3v) is 7.31. The summed E-state index contributed by atoms with van der Waals surface area (Å²) in [6, 6.07) is 0. The molecule has 0 heterocycles. The second-order valence-corrected chi connectivity index (χ2v) is 9.15. The average molecular weight is 216 g/mol.